The van der Waals surface area contributed by atoms with Crippen molar-refractivity contribution in [1.82, 2.24) is 0 Å². The molecule has 0 unspecified atom stereocenters. The molecule has 22 heavy (non-hydrogen) atoms. The van der Waals surface area contributed by atoms with E-state index in [9.17, 15) is 13.2 Å². The smallest absolute Gasteiger partial charge is 0.277 e. The number of carbonyl (C=O) groups excluding carboxylic acids is 1. The van der Waals surface area contributed by atoms with E-state index < -0.39 is 27.8 Å². The van der Waals surface area contributed by atoms with Crippen LogP contribution < -0.4 is 0 Å². The van der Waals surface area contributed by atoms with E-state index in [1.165, 1.54) is 44.9 Å². The van der Waals surface area contributed by atoms with Crippen LogP contribution in [0, 0.1) is 0 Å². The zero-order chi connectivity index (χ0) is 16.8. The van der Waals surface area contributed by atoms with E-state index in [1.54, 1.807) is 0 Å². The SMILES string of the molecule is CCCCCCCCCCCCCC(=O)[C@H](CO)S(=O)(=O)O. The van der Waals surface area contributed by atoms with Crippen LogP contribution in [0.2, 0.25) is 0 Å². The highest BCUT2D eigenvalue weighted by Crippen LogP contribution is 2.13. The van der Waals surface area contributed by atoms with Gasteiger partial charge in [0, 0.05) is 6.42 Å². The number of hydrogen-bond acceptors (Lipinski definition) is 4. The molecule has 0 aliphatic rings. The van der Waals surface area contributed by atoms with Crippen LogP contribution in [-0.4, -0.2) is 35.7 Å². The van der Waals surface area contributed by atoms with Gasteiger partial charge < -0.3 is 5.11 Å². The van der Waals surface area contributed by atoms with E-state index in [0.717, 1.165) is 19.3 Å². The number of rotatable bonds is 15. The zero-order valence-corrected chi connectivity index (χ0v) is 14.6. The fraction of sp³-hybridized carbons (Fsp3) is 0.938. The first-order valence-electron chi connectivity index (χ1n) is 8.53. The first-order valence-corrected chi connectivity index (χ1v) is 10.0. The standard InChI is InChI=1S/C16H32O5S/c1-2-3-4-5-6-7-8-9-10-11-12-13-15(18)16(14-17)22(19,20)21/h16-17H,2-14H2,1H3,(H,19,20,21)/t16-/m0/s1. The number of aliphatic hydroxyl groups is 1. The number of unbranched alkanes of at least 4 members (excludes halogenated alkanes) is 10. The van der Waals surface area contributed by atoms with Gasteiger partial charge in [0.05, 0.1) is 6.61 Å². The summed E-state index contributed by atoms with van der Waals surface area (Å²) in [4.78, 5) is 11.6. The van der Waals surface area contributed by atoms with Gasteiger partial charge in [0.1, 0.15) is 0 Å². The normalized spacial score (nSPS) is 13.2. The first kappa shape index (κ1) is 21.5. The van der Waals surface area contributed by atoms with Crippen molar-refractivity contribution < 1.29 is 22.9 Å². The molecule has 0 saturated carbocycles. The highest BCUT2D eigenvalue weighted by molar-refractivity contribution is 7.87. The third-order valence-electron chi connectivity index (χ3n) is 3.91. The summed E-state index contributed by atoms with van der Waals surface area (Å²) in [5, 5.41) is 7.18. The molecule has 0 spiro atoms. The lowest BCUT2D eigenvalue weighted by Gasteiger charge is -2.09. The van der Waals surface area contributed by atoms with Crippen LogP contribution in [0.1, 0.15) is 84.0 Å². The van der Waals surface area contributed by atoms with Crippen molar-refractivity contribution in [3.63, 3.8) is 0 Å². The van der Waals surface area contributed by atoms with Crippen molar-refractivity contribution in [2.24, 2.45) is 0 Å². The van der Waals surface area contributed by atoms with Crippen LogP contribution in [0.4, 0.5) is 0 Å². The molecular formula is C16H32O5S. The van der Waals surface area contributed by atoms with Crippen molar-refractivity contribution in [2.45, 2.75) is 89.2 Å². The number of Topliss-reactive ketones (excluding diaryl/α,β-unsaturated/α-hetero) is 1. The summed E-state index contributed by atoms with van der Waals surface area (Å²) < 4.78 is 30.6. The van der Waals surface area contributed by atoms with Crippen LogP contribution in [0.15, 0.2) is 0 Å². The molecule has 0 bridgehead atoms. The summed E-state index contributed by atoms with van der Waals surface area (Å²) >= 11 is 0. The van der Waals surface area contributed by atoms with Crippen molar-refractivity contribution in [3.8, 4) is 0 Å². The van der Waals surface area contributed by atoms with Crippen molar-refractivity contribution in [3.05, 3.63) is 0 Å². The highest BCUT2D eigenvalue weighted by atomic mass is 32.2. The lowest BCUT2D eigenvalue weighted by molar-refractivity contribution is -0.119. The van der Waals surface area contributed by atoms with Gasteiger partial charge in [-0.3, -0.25) is 9.35 Å². The molecule has 2 N–H and O–H groups in total. The molecule has 6 heteroatoms. The van der Waals surface area contributed by atoms with Crippen LogP contribution in [-0.2, 0) is 14.9 Å². The van der Waals surface area contributed by atoms with E-state index in [2.05, 4.69) is 6.92 Å². The molecule has 0 heterocycles. The fourth-order valence-corrected chi connectivity index (χ4v) is 3.13. The van der Waals surface area contributed by atoms with Crippen LogP contribution in [0.25, 0.3) is 0 Å². The minimum atomic E-state index is -4.48. The largest absolute Gasteiger partial charge is 0.394 e. The summed E-state index contributed by atoms with van der Waals surface area (Å²) in [5.74, 6) is -0.596. The Hall–Kier alpha value is -0.460. The second kappa shape index (κ2) is 13.0. The maximum atomic E-state index is 11.6. The summed E-state index contributed by atoms with van der Waals surface area (Å²) in [6.45, 7) is 1.36. The quantitative estimate of drug-likeness (QED) is 0.353. The summed E-state index contributed by atoms with van der Waals surface area (Å²) in [5.41, 5.74) is 0. The maximum Gasteiger partial charge on any atom is 0.277 e. The minimum absolute atomic E-state index is 0.0992. The summed E-state index contributed by atoms with van der Waals surface area (Å²) in [7, 11) is -4.48. The molecule has 132 valence electrons. The van der Waals surface area contributed by atoms with E-state index in [1.807, 2.05) is 0 Å². The highest BCUT2D eigenvalue weighted by Gasteiger charge is 2.29. The van der Waals surface area contributed by atoms with E-state index >= 15 is 0 Å². The maximum absolute atomic E-state index is 11.6. The molecule has 0 amide bonds. The first-order chi connectivity index (χ1) is 10.4. The van der Waals surface area contributed by atoms with Gasteiger partial charge in [0.15, 0.2) is 11.0 Å². The zero-order valence-electron chi connectivity index (χ0n) is 13.8. The second-order valence-electron chi connectivity index (χ2n) is 5.94. The average molecular weight is 336 g/mol. The molecule has 1 atom stereocenters. The van der Waals surface area contributed by atoms with E-state index in [-0.39, 0.29) is 6.42 Å². The van der Waals surface area contributed by atoms with Gasteiger partial charge in [-0.25, -0.2) is 0 Å². The Morgan fingerprint density at radius 2 is 1.27 bits per heavy atom. The topological polar surface area (TPSA) is 91.7 Å². The molecule has 0 aromatic rings. The summed E-state index contributed by atoms with van der Waals surface area (Å²) in [6, 6.07) is 0. The average Bonchev–Trinajstić information content (AvgIpc) is 2.44. The Balaban J connectivity index is 3.52. The van der Waals surface area contributed by atoms with Crippen molar-refractivity contribution >= 4 is 15.9 Å². The molecule has 0 aliphatic heterocycles. The van der Waals surface area contributed by atoms with Crippen molar-refractivity contribution in [2.75, 3.05) is 6.61 Å². The molecule has 0 saturated heterocycles. The Kier molecular flexibility index (Phi) is 12.8. The number of hydrogen-bond donors (Lipinski definition) is 2. The molecule has 0 aromatic carbocycles. The molecule has 0 rings (SSSR count). The lowest BCUT2D eigenvalue weighted by atomic mass is 10.0. The minimum Gasteiger partial charge on any atom is -0.394 e. The van der Waals surface area contributed by atoms with Crippen LogP contribution in [0.5, 0.6) is 0 Å². The molecule has 0 radical (unpaired) electrons. The Morgan fingerprint density at radius 3 is 1.64 bits per heavy atom. The molecule has 0 fully saturated rings. The van der Waals surface area contributed by atoms with Gasteiger partial charge in [-0.05, 0) is 6.42 Å². The van der Waals surface area contributed by atoms with Crippen LogP contribution in [0.3, 0.4) is 0 Å². The Morgan fingerprint density at radius 1 is 0.864 bits per heavy atom. The van der Waals surface area contributed by atoms with Crippen molar-refractivity contribution in [1.29, 1.82) is 0 Å². The molecule has 0 aliphatic carbocycles. The van der Waals surface area contributed by atoms with Gasteiger partial charge in [0.25, 0.3) is 10.1 Å². The Labute approximate surface area is 135 Å². The predicted octanol–water partition coefficient (Wildman–Crippen LogP) is 3.51. The fourth-order valence-electron chi connectivity index (χ4n) is 2.49. The number of ketones is 1. The predicted molar refractivity (Wildman–Crippen MR) is 88.5 cm³/mol. The Bertz CT molecular complexity index is 378. The van der Waals surface area contributed by atoms with Gasteiger partial charge in [0.2, 0.25) is 0 Å². The monoisotopic (exact) mass is 336 g/mol. The molecule has 5 nitrogen and oxygen atoms in total. The third kappa shape index (κ3) is 11.2. The van der Waals surface area contributed by atoms with E-state index in [0.29, 0.717) is 6.42 Å². The molecular weight excluding hydrogens is 304 g/mol. The third-order valence-corrected chi connectivity index (χ3v) is 5.04. The lowest BCUT2D eigenvalue weighted by Crippen LogP contribution is -2.33. The summed E-state index contributed by atoms with van der Waals surface area (Å²) in [6.07, 6.45) is 12.8. The second-order valence-corrected chi connectivity index (χ2v) is 7.54. The van der Waals surface area contributed by atoms with Gasteiger partial charge >= 0.3 is 0 Å². The number of aliphatic hydroxyl groups excluding tert-OH is 1. The van der Waals surface area contributed by atoms with Gasteiger partial charge in [-0.15, -0.1) is 0 Å². The van der Waals surface area contributed by atoms with Gasteiger partial charge in [-0.2, -0.15) is 8.42 Å². The number of carbonyl (C=O) groups is 1. The molecule has 0 aromatic heterocycles. The van der Waals surface area contributed by atoms with Crippen LogP contribution >= 0.6 is 0 Å². The van der Waals surface area contributed by atoms with E-state index in [4.69, 9.17) is 9.66 Å². The van der Waals surface area contributed by atoms with Gasteiger partial charge in [-0.1, -0.05) is 71.1 Å².